The van der Waals surface area contributed by atoms with Crippen molar-refractivity contribution in [3.05, 3.63) is 42.4 Å². The average molecular weight is 753 g/mol. The minimum Gasteiger partial charge on any atom is -0.456 e. The summed E-state index contributed by atoms with van der Waals surface area (Å²) < 4.78 is 16.2. The molecule has 0 spiro atoms. The second-order valence-corrected chi connectivity index (χ2v) is 12.2. The van der Waals surface area contributed by atoms with E-state index in [4.69, 9.17) is 19.6 Å². The summed E-state index contributed by atoms with van der Waals surface area (Å²) in [6, 6.07) is 7.78. The number of benzene rings is 1. The maximum Gasteiger partial charge on any atom is 0.410 e. The van der Waals surface area contributed by atoms with Gasteiger partial charge in [0.1, 0.15) is 11.3 Å². The third-order valence-corrected chi connectivity index (χ3v) is 8.05. The van der Waals surface area contributed by atoms with Crippen molar-refractivity contribution >= 4 is 56.4 Å². The Kier molecular flexibility index (Phi) is 13.1. The number of aliphatic hydroxyl groups excluding tert-OH is 2. The molecule has 0 aliphatic rings. The molecule has 5 aromatic rings. The Balaban J connectivity index is 0.00000133. The van der Waals surface area contributed by atoms with Crippen molar-refractivity contribution < 1.29 is 24.5 Å². The lowest BCUT2D eigenvalue weighted by molar-refractivity contribution is 0.0482. The van der Waals surface area contributed by atoms with Crippen LogP contribution in [0, 0.1) is 0 Å². The summed E-state index contributed by atoms with van der Waals surface area (Å²) in [6.45, 7) is 13.3. The highest BCUT2D eigenvalue weighted by atomic mass is 127. The molecule has 3 N–H and O–H groups in total. The molecule has 4 aromatic heterocycles. The molecule has 244 valence electrons. The van der Waals surface area contributed by atoms with Gasteiger partial charge in [0, 0.05) is 35.1 Å². The first-order chi connectivity index (χ1) is 21.6. The Morgan fingerprint density at radius 3 is 2.40 bits per heavy atom. The summed E-state index contributed by atoms with van der Waals surface area (Å²) in [4.78, 5) is 16.8. The topological polar surface area (TPSA) is 154 Å². The van der Waals surface area contributed by atoms with E-state index in [0.717, 1.165) is 38.8 Å². The summed E-state index contributed by atoms with van der Waals surface area (Å²) in [7, 11) is 1.75. The van der Waals surface area contributed by atoms with Crippen LogP contribution in [0.3, 0.4) is 0 Å². The molecule has 0 saturated heterocycles. The molecule has 1 atom stereocenters. The largest absolute Gasteiger partial charge is 0.456 e. The zero-order chi connectivity index (χ0) is 33.3. The summed E-state index contributed by atoms with van der Waals surface area (Å²) in [5.74, 6) is 0.456. The van der Waals surface area contributed by atoms with Crippen molar-refractivity contribution in [3.63, 3.8) is 0 Å². The lowest BCUT2D eigenvalue weighted by atomic mass is 10.0. The van der Waals surface area contributed by atoms with E-state index in [1.807, 2.05) is 56.4 Å². The van der Waals surface area contributed by atoms with Crippen molar-refractivity contribution in [1.82, 2.24) is 39.4 Å². The summed E-state index contributed by atoms with van der Waals surface area (Å²) in [5.41, 5.74) is 4.51. The first-order valence-electron chi connectivity index (χ1n) is 14.7. The predicted molar refractivity (Wildman–Crippen MR) is 187 cm³/mol. The monoisotopic (exact) mass is 752 g/mol. The van der Waals surface area contributed by atoms with Crippen LogP contribution in [-0.4, -0.2) is 69.3 Å². The molecule has 15 heteroatoms. The van der Waals surface area contributed by atoms with Crippen LogP contribution in [0.2, 0.25) is 0 Å². The standard InChI is InChI=1S/C26H30IN8O5P.2C2H6/c1-26(2,3)40-25(38)29-14-39-24-19(12-30-33(24)4)16-10-18-22(32-35(41-27)23(18)28-11-16)15-5-6-20-17(9-15)21(13-37)34(31-20)7-8-36;2*1-2/h5-6,9-12,36-37,41H,7-8,13-14H2,1-4H3,(H,29,38);2*1-2H3. The first kappa shape index (κ1) is 36.1. The molecular formula is C30H42IN8O5P. The maximum atomic E-state index is 12.0. The zero-order valence-electron chi connectivity index (χ0n) is 26.9. The molecule has 0 fully saturated rings. The number of aliphatic hydroxyl groups is 2. The Morgan fingerprint density at radius 1 is 1.04 bits per heavy atom. The lowest BCUT2D eigenvalue weighted by Gasteiger charge is -2.19. The quantitative estimate of drug-likeness (QED) is 0.0930. The van der Waals surface area contributed by atoms with Crippen LogP contribution in [0.15, 0.2) is 36.7 Å². The molecule has 0 bridgehead atoms. The number of ether oxygens (including phenoxy) is 2. The van der Waals surface area contributed by atoms with Gasteiger partial charge >= 0.3 is 6.09 Å². The Hall–Kier alpha value is -3.33. The third kappa shape index (κ3) is 8.29. The van der Waals surface area contributed by atoms with Crippen LogP contribution < -0.4 is 10.1 Å². The Morgan fingerprint density at radius 2 is 1.76 bits per heavy atom. The molecule has 13 nitrogen and oxygen atoms in total. The van der Waals surface area contributed by atoms with E-state index in [1.54, 1.807) is 49.6 Å². The minimum absolute atomic E-state index is 0.0783. The van der Waals surface area contributed by atoms with Crippen LogP contribution in [0.25, 0.3) is 44.3 Å². The van der Waals surface area contributed by atoms with Gasteiger partial charge in [-0.3, -0.25) is 10.00 Å². The fraction of sp³-hybridized carbons (Fsp3) is 0.433. The fourth-order valence-corrected chi connectivity index (χ4v) is 5.88. The van der Waals surface area contributed by atoms with Gasteiger partial charge in [-0.05, 0) is 61.0 Å². The summed E-state index contributed by atoms with van der Waals surface area (Å²) in [6.07, 6.45) is 3.18. The number of aryl methyl sites for hydroxylation is 1. The van der Waals surface area contributed by atoms with Crippen molar-refractivity contribution in [2.75, 3.05) is 13.3 Å². The van der Waals surface area contributed by atoms with Gasteiger partial charge in [-0.1, -0.05) is 33.8 Å². The van der Waals surface area contributed by atoms with E-state index in [1.165, 1.54) is 0 Å². The molecule has 0 aliphatic carbocycles. The predicted octanol–water partition coefficient (Wildman–Crippen LogP) is 6.04. The maximum absolute atomic E-state index is 12.0. The number of rotatable bonds is 9. The van der Waals surface area contributed by atoms with Crippen LogP contribution in [0.1, 0.15) is 54.2 Å². The summed E-state index contributed by atoms with van der Waals surface area (Å²) >= 11 is 2.27. The number of carbonyl (C=O) groups is 1. The molecule has 1 aromatic carbocycles. The number of hydrogen-bond acceptors (Lipinski definition) is 9. The highest BCUT2D eigenvalue weighted by molar-refractivity contribution is 14.2. The molecule has 0 saturated carbocycles. The number of carbonyl (C=O) groups excluding carboxylic acids is 1. The van der Waals surface area contributed by atoms with E-state index in [-0.39, 0.29) is 19.9 Å². The van der Waals surface area contributed by atoms with Crippen LogP contribution in [0.4, 0.5) is 4.79 Å². The number of nitrogens with one attached hydrogen (secondary N) is 1. The number of amides is 1. The second-order valence-electron chi connectivity index (χ2n) is 10.2. The molecule has 0 aliphatic heterocycles. The van der Waals surface area contributed by atoms with Crippen molar-refractivity contribution in [1.29, 1.82) is 0 Å². The number of fused-ring (bicyclic) bond motifs is 2. The van der Waals surface area contributed by atoms with E-state index in [2.05, 4.69) is 37.6 Å². The number of alkyl carbamates (subject to hydrolysis) is 1. The average Bonchev–Trinajstić information content (AvgIpc) is 3.70. The number of pyridine rings is 1. The Bertz CT molecular complexity index is 1730. The SMILES string of the molecule is CC.CC.Cn1ncc(-c2cnc3c(c2)c(-c2ccc4nn(CCO)c(CO)c4c2)nn3PI)c1OCNC(=O)OC(C)(C)C. The van der Waals surface area contributed by atoms with Crippen molar-refractivity contribution in [3.8, 4) is 28.3 Å². The fourth-order valence-electron chi connectivity index (χ4n) is 4.47. The van der Waals surface area contributed by atoms with Gasteiger partial charge in [0.05, 0.1) is 49.1 Å². The van der Waals surface area contributed by atoms with Gasteiger partial charge < -0.3 is 19.7 Å². The van der Waals surface area contributed by atoms with Gasteiger partial charge in [0.2, 0.25) is 5.88 Å². The highest BCUT2D eigenvalue weighted by Gasteiger charge is 2.20. The van der Waals surface area contributed by atoms with Gasteiger partial charge in [-0.2, -0.15) is 15.3 Å². The van der Waals surface area contributed by atoms with Crippen molar-refractivity contribution in [2.45, 2.75) is 67.2 Å². The molecule has 0 radical (unpaired) electrons. The van der Waals surface area contributed by atoms with Crippen LogP contribution in [-0.2, 0) is 24.9 Å². The van der Waals surface area contributed by atoms with Crippen LogP contribution >= 0.6 is 28.4 Å². The van der Waals surface area contributed by atoms with Crippen LogP contribution in [0.5, 0.6) is 5.88 Å². The number of halogens is 1. The van der Waals surface area contributed by atoms with Crippen molar-refractivity contribution in [2.24, 2.45) is 7.05 Å². The van der Waals surface area contributed by atoms with Gasteiger partial charge in [-0.15, -0.1) is 0 Å². The number of nitrogens with zero attached hydrogens (tertiary/aromatic N) is 7. The molecule has 1 amide bonds. The highest BCUT2D eigenvalue weighted by Crippen LogP contribution is 2.38. The number of hydrogen-bond donors (Lipinski definition) is 3. The first-order valence-corrected chi connectivity index (χ1v) is 18.8. The Labute approximate surface area is 277 Å². The van der Waals surface area contributed by atoms with Gasteiger partial charge in [-0.25, -0.2) is 18.9 Å². The lowest BCUT2D eigenvalue weighted by Crippen LogP contribution is -2.34. The van der Waals surface area contributed by atoms with E-state index in [0.29, 0.717) is 30.1 Å². The number of aromatic nitrogens is 7. The van der Waals surface area contributed by atoms with Gasteiger partial charge in [0.25, 0.3) is 0 Å². The van der Waals surface area contributed by atoms with E-state index < -0.39 is 11.7 Å². The summed E-state index contributed by atoms with van der Waals surface area (Å²) in [5, 5.41) is 37.4. The molecular weight excluding hydrogens is 710 g/mol. The molecule has 4 heterocycles. The normalized spacial score (nSPS) is 11.4. The molecule has 45 heavy (non-hydrogen) atoms. The van der Waals surface area contributed by atoms with Gasteiger partial charge in [0.15, 0.2) is 12.4 Å². The van der Waals surface area contributed by atoms with E-state index >= 15 is 0 Å². The molecule has 1 unspecified atom stereocenters. The smallest absolute Gasteiger partial charge is 0.410 e. The zero-order valence-corrected chi connectivity index (χ0v) is 30.1. The minimum atomic E-state index is -0.617. The second kappa shape index (κ2) is 16.3. The third-order valence-electron chi connectivity index (χ3n) is 6.20. The molecule has 5 rings (SSSR count). The van der Waals surface area contributed by atoms with E-state index in [9.17, 15) is 15.0 Å².